The lowest BCUT2D eigenvalue weighted by Crippen LogP contribution is -2.43. The lowest BCUT2D eigenvalue weighted by Gasteiger charge is -2.30. The Morgan fingerprint density at radius 1 is 0.861 bits per heavy atom. The zero-order valence-electron chi connectivity index (χ0n) is 21.5. The molecule has 3 aromatic rings. The number of carbonyl (C=O) groups is 1. The lowest BCUT2D eigenvalue weighted by atomic mass is 9.84. The number of carbonyl (C=O) groups excluding carboxylic acids is 1. The van der Waals surface area contributed by atoms with Gasteiger partial charge in [0.1, 0.15) is 0 Å². The summed E-state index contributed by atoms with van der Waals surface area (Å²) in [5.41, 5.74) is 4.76. The van der Waals surface area contributed by atoms with Crippen molar-refractivity contribution in [2.75, 3.05) is 12.3 Å². The summed E-state index contributed by atoms with van der Waals surface area (Å²) in [4.78, 5) is 24.5. The van der Waals surface area contributed by atoms with E-state index in [2.05, 4.69) is 72.9 Å². The monoisotopic (exact) mass is 501 g/mol. The summed E-state index contributed by atoms with van der Waals surface area (Å²) < 4.78 is 0. The molecule has 4 rings (SSSR count). The van der Waals surface area contributed by atoms with Gasteiger partial charge in [-0.1, -0.05) is 104 Å². The minimum Gasteiger partial charge on any atom is -0.374 e. The van der Waals surface area contributed by atoms with Crippen molar-refractivity contribution in [1.29, 1.82) is 0 Å². The van der Waals surface area contributed by atoms with Crippen LogP contribution in [0.2, 0.25) is 0 Å². The summed E-state index contributed by atoms with van der Waals surface area (Å²) in [6.07, 6.45) is 9.04. The largest absolute Gasteiger partial charge is 0.374 e. The Balaban J connectivity index is 1.41. The van der Waals surface area contributed by atoms with E-state index in [4.69, 9.17) is 0 Å². The van der Waals surface area contributed by atoms with Crippen LogP contribution in [0.3, 0.4) is 0 Å². The summed E-state index contributed by atoms with van der Waals surface area (Å²) in [5, 5.41) is 3.35. The Morgan fingerprint density at radius 3 is 2.14 bits per heavy atom. The highest BCUT2D eigenvalue weighted by molar-refractivity contribution is 7.51. The van der Waals surface area contributed by atoms with Gasteiger partial charge in [0.25, 0.3) is 0 Å². The average molecular weight is 502 g/mol. The first-order chi connectivity index (χ1) is 17.6. The quantitative estimate of drug-likeness (QED) is 0.272. The molecule has 1 fully saturated rings. The minimum atomic E-state index is -1.21. The normalized spacial score (nSPS) is 16.7. The standard InChI is InChI=1S/C32H40NO2P/c1-25(28-13-7-3-8-14-28)33-32(34)31(24-36(35)22-21-26-11-5-2-6-12-26)23-27-17-19-30(20-18-27)29-15-9-4-10-16-29/h2,4-6,9-12,15-20,25,28,31,35H,3,7-8,13-14,21-24H2,1H3,(H,33,34). The molecule has 1 aliphatic rings. The van der Waals surface area contributed by atoms with E-state index < -0.39 is 8.15 Å². The molecule has 0 bridgehead atoms. The number of hydrogen-bond donors (Lipinski definition) is 2. The van der Waals surface area contributed by atoms with Gasteiger partial charge < -0.3 is 10.2 Å². The topological polar surface area (TPSA) is 49.3 Å². The summed E-state index contributed by atoms with van der Waals surface area (Å²) >= 11 is 0. The van der Waals surface area contributed by atoms with E-state index in [1.54, 1.807) is 0 Å². The van der Waals surface area contributed by atoms with Gasteiger partial charge in [-0.05, 0) is 66.9 Å². The highest BCUT2D eigenvalue weighted by Crippen LogP contribution is 2.35. The maximum atomic E-state index is 13.5. The van der Waals surface area contributed by atoms with Crippen LogP contribution in [0.1, 0.15) is 50.2 Å². The Morgan fingerprint density at radius 2 is 1.47 bits per heavy atom. The first kappa shape index (κ1) is 26.6. The number of aryl methyl sites for hydroxylation is 1. The van der Waals surface area contributed by atoms with Gasteiger partial charge in [0.15, 0.2) is 0 Å². The van der Waals surface area contributed by atoms with Crippen LogP contribution in [0.15, 0.2) is 84.9 Å². The second kappa shape index (κ2) is 13.7. The molecule has 0 aliphatic heterocycles. The molecule has 0 heterocycles. The predicted molar refractivity (Wildman–Crippen MR) is 152 cm³/mol. The fraction of sp³-hybridized carbons (Fsp3) is 0.406. The molecule has 1 aliphatic carbocycles. The van der Waals surface area contributed by atoms with E-state index in [9.17, 15) is 9.69 Å². The zero-order chi connectivity index (χ0) is 25.2. The van der Waals surface area contributed by atoms with Crippen molar-refractivity contribution < 1.29 is 9.69 Å². The van der Waals surface area contributed by atoms with Gasteiger partial charge in [-0.3, -0.25) is 4.79 Å². The molecule has 36 heavy (non-hydrogen) atoms. The van der Waals surface area contributed by atoms with Crippen molar-refractivity contribution >= 4 is 14.1 Å². The lowest BCUT2D eigenvalue weighted by molar-refractivity contribution is -0.125. The maximum Gasteiger partial charge on any atom is 0.224 e. The van der Waals surface area contributed by atoms with Crippen molar-refractivity contribution in [2.45, 2.75) is 57.9 Å². The molecule has 2 N–H and O–H groups in total. The Kier molecular flexibility index (Phi) is 10.1. The minimum absolute atomic E-state index is 0.0986. The fourth-order valence-electron chi connectivity index (χ4n) is 5.33. The van der Waals surface area contributed by atoms with Crippen LogP contribution in [0.25, 0.3) is 11.1 Å². The fourth-order valence-corrected chi connectivity index (χ4v) is 6.83. The van der Waals surface area contributed by atoms with E-state index in [0.717, 1.165) is 18.1 Å². The molecule has 0 spiro atoms. The van der Waals surface area contributed by atoms with Gasteiger partial charge in [-0.2, -0.15) is 0 Å². The van der Waals surface area contributed by atoms with Gasteiger partial charge in [0.2, 0.25) is 5.91 Å². The summed E-state index contributed by atoms with van der Waals surface area (Å²) in [5.74, 6) is 0.453. The van der Waals surface area contributed by atoms with E-state index in [-0.39, 0.29) is 17.9 Å². The highest BCUT2D eigenvalue weighted by Gasteiger charge is 2.27. The van der Waals surface area contributed by atoms with E-state index in [0.29, 0.717) is 18.5 Å². The second-order valence-electron chi connectivity index (χ2n) is 10.3. The van der Waals surface area contributed by atoms with Crippen LogP contribution in [0.4, 0.5) is 0 Å². The highest BCUT2D eigenvalue weighted by atomic mass is 31.1. The van der Waals surface area contributed by atoms with Crippen LogP contribution in [-0.4, -0.2) is 29.2 Å². The predicted octanol–water partition coefficient (Wildman–Crippen LogP) is 7.23. The zero-order valence-corrected chi connectivity index (χ0v) is 22.4. The number of rotatable bonds is 11. The van der Waals surface area contributed by atoms with Gasteiger partial charge in [0.05, 0.1) is 0 Å². The molecule has 0 saturated heterocycles. The molecule has 0 radical (unpaired) electrons. The third-order valence-electron chi connectivity index (χ3n) is 7.57. The third-order valence-corrected chi connectivity index (χ3v) is 9.18. The van der Waals surface area contributed by atoms with Gasteiger partial charge in [-0.15, -0.1) is 0 Å². The molecule has 3 aromatic carbocycles. The molecule has 4 heteroatoms. The van der Waals surface area contributed by atoms with Crippen molar-refractivity contribution in [3.8, 4) is 11.1 Å². The Bertz CT molecular complexity index is 1050. The molecular formula is C32H40NO2P. The van der Waals surface area contributed by atoms with Gasteiger partial charge in [-0.25, -0.2) is 0 Å². The van der Waals surface area contributed by atoms with E-state index >= 15 is 0 Å². The molecule has 3 atom stereocenters. The summed E-state index contributed by atoms with van der Waals surface area (Å²) in [6, 6.07) is 29.4. The number of hydrogen-bond acceptors (Lipinski definition) is 2. The molecule has 3 unspecified atom stereocenters. The van der Waals surface area contributed by atoms with Crippen molar-refractivity contribution in [3.63, 3.8) is 0 Å². The van der Waals surface area contributed by atoms with Crippen LogP contribution >= 0.6 is 8.15 Å². The van der Waals surface area contributed by atoms with E-state index in [1.165, 1.54) is 48.8 Å². The Hall–Kier alpha value is -2.48. The molecule has 1 amide bonds. The molecule has 1 saturated carbocycles. The van der Waals surface area contributed by atoms with Crippen molar-refractivity contribution in [3.05, 3.63) is 96.1 Å². The number of amides is 1. The van der Waals surface area contributed by atoms with Crippen LogP contribution in [0, 0.1) is 11.8 Å². The van der Waals surface area contributed by atoms with Gasteiger partial charge >= 0.3 is 0 Å². The molecular weight excluding hydrogens is 461 g/mol. The molecule has 0 aromatic heterocycles. The average Bonchev–Trinajstić information content (AvgIpc) is 2.93. The Labute approximate surface area is 218 Å². The second-order valence-corrected chi connectivity index (χ2v) is 12.1. The van der Waals surface area contributed by atoms with Crippen LogP contribution in [0.5, 0.6) is 0 Å². The first-order valence-corrected chi connectivity index (χ1v) is 15.2. The first-order valence-electron chi connectivity index (χ1n) is 13.5. The SMILES string of the molecule is CC(NC(=O)C(Cc1ccc(-c2ccccc2)cc1)CP(O)CCc1ccccc1)C1CCCCC1. The summed E-state index contributed by atoms with van der Waals surface area (Å²) in [6.45, 7) is 2.16. The summed E-state index contributed by atoms with van der Waals surface area (Å²) in [7, 11) is -1.21. The van der Waals surface area contributed by atoms with E-state index in [1.807, 2.05) is 24.3 Å². The third kappa shape index (κ3) is 8.02. The molecule has 190 valence electrons. The number of nitrogens with one attached hydrogen (secondary N) is 1. The molecule has 3 nitrogen and oxygen atoms in total. The van der Waals surface area contributed by atoms with Gasteiger partial charge in [0, 0.05) is 26.3 Å². The van der Waals surface area contributed by atoms with Crippen molar-refractivity contribution in [2.24, 2.45) is 11.8 Å². The number of benzene rings is 3. The maximum absolute atomic E-state index is 13.5. The van der Waals surface area contributed by atoms with Crippen molar-refractivity contribution in [1.82, 2.24) is 5.32 Å². The van der Waals surface area contributed by atoms with Crippen LogP contribution in [-0.2, 0) is 17.6 Å². The van der Waals surface area contributed by atoms with Crippen LogP contribution < -0.4 is 5.32 Å². The smallest absolute Gasteiger partial charge is 0.224 e.